The van der Waals surface area contributed by atoms with Gasteiger partial charge in [0.05, 0.1) is 0 Å². The third-order valence-corrected chi connectivity index (χ3v) is 17.3. The van der Waals surface area contributed by atoms with Crippen LogP contribution in [0.5, 0.6) is 0 Å². The van der Waals surface area contributed by atoms with Crippen molar-refractivity contribution in [1.29, 1.82) is 0 Å². The third kappa shape index (κ3) is 7.43. The van der Waals surface area contributed by atoms with Crippen LogP contribution < -0.4 is 31.1 Å². The van der Waals surface area contributed by atoms with Crippen molar-refractivity contribution in [3.8, 4) is 0 Å². The Morgan fingerprint density at radius 2 is 0.944 bits per heavy atom. The minimum absolute atomic E-state index is 0.0229. The molecule has 71 heavy (non-hydrogen) atoms. The predicted molar refractivity (Wildman–Crippen MR) is 306 cm³/mol. The van der Waals surface area contributed by atoms with E-state index in [1.54, 1.807) is 0 Å². The van der Waals surface area contributed by atoms with Gasteiger partial charge in [0, 0.05) is 51.2 Å². The lowest BCUT2D eigenvalue weighted by atomic mass is 9.33. The summed E-state index contributed by atoms with van der Waals surface area (Å²) in [4.78, 5) is 7.96. The maximum Gasteiger partial charge on any atom is 0.252 e. The molecule has 1 atom stereocenters. The van der Waals surface area contributed by atoms with E-state index in [1.807, 2.05) is 0 Å². The molecule has 0 amide bonds. The molecule has 0 saturated heterocycles. The average Bonchev–Trinajstić information content (AvgIpc) is 3.81. The lowest BCUT2D eigenvalue weighted by molar-refractivity contribution is 0.243. The van der Waals surface area contributed by atoms with Crippen LogP contribution in [-0.2, 0) is 47.3 Å². The second-order valence-electron chi connectivity index (χ2n) is 27.3. The number of benzene rings is 7. The van der Waals surface area contributed by atoms with E-state index in [2.05, 4.69) is 245 Å². The van der Waals surface area contributed by atoms with Gasteiger partial charge in [-0.15, -0.1) is 0 Å². The average molecular weight is 932 g/mol. The summed E-state index contributed by atoms with van der Waals surface area (Å²) in [7, 11) is 0. The van der Waals surface area contributed by atoms with E-state index >= 15 is 0 Å². The van der Waals surface area contributed by atoms with Crippen LogP contribution in [0.25, 0.3) is 0 Å². The quantitative estimate of drug-likeness (QED) is 0.163. The van der Waals surface area contributed by atoms with Crippen LogP contribution in [-0.4, -0.2) is 6.71 Å². The van der Waals surface area contributed by atoms with Crippen molar-refractivity contribution >= 4 is 74.3 Å². The topological polar surface area (TPSA) is 9.72 Å². The molecule has 0 spiro atoms. The maximum absolute atomic E-state index is 2.74. The van der Waals surface area contributed by atoms with Crippen molar-refractivity contribution in [2.75, 3.05) is 14.7 Å². The number of hydrogen-bond acceptors (Lipinski definition) is 3. The van der Waals surface area contributed by atoms with E-state index in [9.17, 15) is 0 Å². The van der Waals surface area contributed by atoms with Crippen molar-refractivity contribution in [3.05, 3.63) is 178 Å². The van der Waals surface area contributed by atoms with Gasteiger partial charge in [-0.3, -0.25) is 0 Å². The predicted octanol–water partition coefficient (Wildman–Crippen LogP) is 16.0. The number of anilines is 9. The zero-order valence-corrected chi connectivity index (χ0v) is 45.2. The van der Waals surface area contributed by atoms with Gasteiger partial charge in [0.15, 0.2) is 0 Å². The molecule has 3 heterocycles. The SMILES string of the molecule is CC1(C)Cc2cccc(N3c4ccc(C(C)(C)C)cc4B4c5ccc(N(c6ccc(C(C)(C)C)cc6)c6ccc(C(C)(C)C)cc6)cc5N5c6cccc7c6CC(C)(C7)CC(C)(C)c6cc3c4c5c6)c2C1. The van der Waals surface area contributed by atoms with E-state index in [-0.39, 0.29) is 39.2 Å². The Hall–Kier alpha value is -6.00. The second-order valence-corrected chi connectivity index (χ2v) is 27.3. The van der Waals surface area contributed by atoms with Gasteiger partial charge in [-0.2, -0.15) is 0 Å². The zero-order valence-electron chi connectivity index (χ0n) is 45.2. The number of nitrogens with zero attached hydrogens (tertiary/aromatic N) is 3. The van der Waals surface area contributed by atoms with Crippen LogP contribution in [0.2, 0.25) is 0 Å². The molecule has 0 fully saturated rings. The Labute approximate surface area is 426 Å². The van der Waals surface area contributed by atoms with Gasteiger partial charge in [-0.05, 0) is 192 Å². The van der Waals surface area contributed by atoms with Gasteiger partial charge < -0.3 is 14.7 Å². The smallest absolute Gasteiger partial charge is 0.252 e. The minimum atomic E-state index is -0.0823. The van der Waals surface area contributed by atoms with E-state index < -0.39 is 0 Å². The highest BCUT2D eigenvalue weighted by Crippen LogP contribution is 2.56. The highest BCUT2D eigenvalue weighted by Gasteiger charge is 2.49. The molecule has 12 rings (SSSR count). The summed E-state index contributed by atoms with van der Waals surface area (Å²) in [6.45, 7) is 33.5. The molecule has 360 valence electrons. The Morgan fingerprint density at radius 3 is 1.51 bits per heavy atom. The fourth-order valence-electron chi connectivity index (χ4n) is 13.9. The van der Waals surface area contributed by atoms with Gasteiger partial charge in [0.25, 0.3) is 6.71 Å². The van der Waals surface area contributed by atoms with Gasteiger partial charge >= 0.3 is 0 Å². The first-order valence-corrected chi connectivity index (χ1v) is 26.7. The second kappa shape index (κ2) is 15.3. The normalized spacial score (nSPS) is 19.0. The summed E-state index contributed by atoms with van der Waals surface area (Å²) < 4.78 is 0. The number of rotatable bonds is 4. The van der Waals surface area contributed by atoms with Crippen molar-refractivity contribution < 1.29 is 0 Å². The molecule has 5 aliphatic rings. The van der Waals surface area contributed by atoms with Crippen LogP contribution in [0.15, 0.2) is 133 Å². The van der Waals surface area contributed by atoms with Gasteiger partial charge in [-0.25, -0.2) is 0 Å². The van der Waals surface area contributed by atoms with Crippen LogP contribution >= 0.6 is 0 Å². The fourth-order valence-corrected chi connectivity index (χ4v) is 13.9. The molecule has 0 N–H and O–H groups in total. The number of hydrogen-bond donors (Lipinski definition) is 0. The summed E-state index contributed by atoms with van der Waals surface area (Å²) in [6.07, 6.45) is 5.47. The molecule has 2 aliphatic carbocycles. The summed E-state index contributed by atoms with van der Waals surface area (Å²) in [5.41, 5.74) is 27.4. The summed E-state index contributed by atoms with van der Waals surface area (Å²) in [5.74, 6) is 0. The Balaban J connectivity index is 1.17. The molecule has 0 radical (unpaired) electrons. The van der Waals surface area contributed by atoms with Crippen LogP contribution in [0.3, 0.4) is 0 Å². The first-order chi connectivity index (χ1) is 33.4. The lowest BCUT2D eigenvalue weighted by Gasteiger charge is -2.47. The number of fused-ring (bicyclic) bond motifs is 9. The molecule has 7 aromatic carbocycles. The monoisotopic (exact) mass is 932 g/mol. The van der Waals surface area contributed by atoms with E-state index in [0.717, 1.165) is 49.2 Å². The Bertz CT molecular complexity index is 3260. The Kier molecular flexibility index (Phi) is 9.91. The highest BCUT2D eigenvalue weighted by molar-refractivity contribution is 7.00. The van der Waals surface area contributed by atoms with Crippen molar-refractivity contribution in [2.24, 2.45) is 10.8 Å². The molecule has 4 bridgehead atoms. The Morgan fingerprint density at radius 1 is 0.437 bits per heavy atom. The standard InChI is InChI=1S/C67H74BN3/c1-62(2,3)44-21-26-48(27-22-44)69(49-28-23-45(24-29-49)63(4,5)6)50-30-31-53-58(36-50)71-56-20-16-18-43-38-67(14,40-52(43)56)41-66(12,13)47-34-59-61(60(71)35-47)68(53)54-33-46(64(7,8)9)25-32-57(54)70(59)55-19-15-17-42-37-65(10,11)39-51(42)55/h15-36H,37-41H2,1-14H3. The highest BCUT2D eigenvalue weighted by atomic mass is 15.2. The fraction of sp³-hybridized carbons (Fsp3) is 0.373. The van der Waals surface area contributed by atoms with Gasteiger partial charge in [-0.1, -0.05) is 164 Å². The van der Waals surface area contributed by atoms with E-state index in [1.165, 1.54) is 95.0 Å². The van der Waals surface area contributed by atoms with Gasteiger partial charge in [0.2, 0.25) is 0 Å². The van der Waals surface area contributed by atoms with Crippen molar-refractivity contribution in [3.63, 3.8) is 0 Å². The lowest BCUT2D eigenvalue weighted by Crippen LogP contribution is -2.61. The van der Waals surface area contributed by atoms with Crippen LogP contribution in [0.4, 0.5) is 51.2 Å². The summed E-state index contributed by atoms with van der Waals surface area (Å²) >= 11 is 0. The molecule has 3 aliphatic heterocycles. The third-order valence-electron chi connectivity index (χ3n) is 17.3. The molecule has 1 unspecified atom stereocenters. The zero-order chi connectivity index (χ0) is 49.9. The molecule has 3 nitrogen and oxygen atoms in total. The van der Waals surface area contributed by atoms with E-state index in [4.69, 9.17) is 0 Å². The minimum Gasteiger partial charge on any atom is -0.311 e. The van der Waals surface area contributed by atoms with Crippen molar-refractivity contribution in [2.45, 2.75) is 151 Å². The largest absolute Gasteiger partial charge is 0.311 e. The summed E-state index contributed by atoms with van der Waals surface area (Å²) in [6, 6.07) is 53.3. The molecule has 0 aromatic heterocycles. The first-order valence-electron chi connectivity index (χ1n) is 26.7. The molecule has 0 saturated carbocycles. The first kappa shape index (κ1) is 46.1. The molecular formula is C67H74BN3. The van der Waals surface area contributed by atoms with E-state index in [0.29, 0.717) is 0 Å². The van der Waals surface area contributed by atoms with Crippen LogP contribution in [0, 0.1) is 10.8 Å². The van der Waals surface area contributed by atoms with Crippen molar-refractivity contribution in [1.82, 2.24) is 0 Å². The molecule has 7 aromatic rings. The summed E-state index contributed by atoms with van der Waals surface area (Å²) in [5, 5.41) is 0. The molecule has 4 heteroatoms. The molecular weight excluding hydrogens is 858 g/mol. The van der Waals surface area contributed by atoms with Gasteiger partial charge in [0.1, 0.15) is 0 Å². The van der Waals surface area contributed by atoms with Crippen LogP contribution in [0.1, 0.15) is 148 Å². The maximum atomic E-state index is 2.74.